The molecule has 0 bridgehead atoms. The van der Waals surface area contributed by atoms with Gasteiger partial charge in [-0.1, -0.05) is 26.0 Å². The molecular formula is C15H22N4S. The summed E-state index contributed by atoms with van der Waals surface area (Å²) in [6.45, 7) is 8.37. The van der Waals surface area contributed by atoms with E-state index < -0.39 is 0 Å². The smallest absolute Gasteiger partial charge is 0.195 e. The summed E-state index contributed by atoms with van der Waals surface area (Å²) < 4.78 is 2.00. The van der Waals surface area contributed by atoms with Crippen molar-refractivity contribution in [2.24, 2.45) is 13.0 Å². The monoisotopic (exact) mass is 290 g/mol. The second-order valence-corrected chi connectivity index (χ2v) is 6.40. The van der Waals surface area contributed by atoms with Gasteiger partial charge in [-0.05, 0) is 48.8 Å². The van der Waals surface area contributed by atoms with E-state index in [0.717, 1.165) is 24.1 Å². The summed E-state index contributed by atoms with van der Waals surface area (Å²) in [5, 5.41) is 12.6. The fraction of sp³-hybridized carbons (Fsp3) is 0.467. The minimum atomic E-state index is 0.684. The second-order valence-electron chi connectivity index (χ2n) is 5.36. The van der Waals surface area contributed by atoms with E-state index in [1.54, 1.807) is 11.8 Å². The van der Waals surface area contributed by atoms with E-state index in [1.807, 2.05) is 18.5 Å². The molecule has 5 heteroatoms. The van der Waals surface area contributed by atoms with Crippen molar-refractivity contribution in [1.82, 2.24) is 20.1 Å². The van der Waals surface area contributed by atoms with E-state index in [9.17, 15) is 0 Å². The summed E-state index contributed by atoms with van der Waals surface area (Å²) in [5.74, 6) is 1.62. The van der Waals surface area contributed by atoms with E-state index in [2.05, 4.69) is 53.6 Å². The molecule has 0 aliphatic carbocycles. The first-order valence-corrected chi connectivity index (χ1v) is 7.71. The van der Waals surface area contributed by atoms with Gasteiger partial charge in [0.1, 0.15) is 5.82 Å². The van der Waals surface area contributed by atoms with Gasteiger partial charge in [0.05, 0.1) is 0 Å². The van der Waals surface area contributed by atoms with Crippen LogP contribution in [0.5, 0.6) is 0 Å². The highest BCUT2D eigenvalue weighted by atomic mass is 32.2. The van der Waals surface area contributed by atoms with Crippen molar-refractivity contribution in [2.45, 2.75) is 37.4 Å². The fourth-order valence-corrected chi connectivity index (χ4v) is 2.60. The molecule has 4 nitrogen and oxygen atoms in total. The Kier molecular flexibility index (Phi) is 5.20. The molecule has 20 heavy (non-hydrogen) atoms. The van der Waals surface area contributed by atoms with Gasteiger partial charge in [0, 0.05) is 18.5 Å². The Bertz CT molecular complexity index is 546. The van der Waals surface area contributed by atoms with Crippen LogP contribution >= 0.6 is 11.8 Å². The van der Waals surface area contributed by atoms with Crippen molar-refractivity contribution in [1.29, 1.82) is 0 Å². The lowest BCUT2D eigenvalue weighted by Gasteiger charge is -2.08. The first-order valence-electron chi connectivity index (χ1n) is 6.89. The Morgan fingerprint density at radius 1 is 1.20 bits per heavy atom. The number of nitrogens with zero attached hydrogens (tertiary/aromatic N) is 3. The van der Waals surface area contributed by atoms with Crippen molar-refractivity contribution < 1.29 is 0 Å². The minimum absolute atomic E-state index is 0.684. The number of hydrogen-bond acceptors (Lipinski definition) is 4. The molecule has 1 aromatic carbocycles. The maximum absolute atomic E-state index is 4.17. The van der Waals surface area contributed by atoms with Crippen molar-refractivity contribution in [2.75, 3.05) is 6.54 Å². The van der Waals surface area contributed by atoms with E-state index >= 15 is 0 Å². The zero-order valence-electron chi connectivity index (χ0n) is 12.6. The molecule has 0 unspecified atom stereocenters. The predicted molar refractivity (Wildman–Crippen MR) is 82.8 cm³/mol. The molecule has 0 amide bonds. The lowest BCUT2D eigenvalue weighted by Crippen LogP contribution is -2.18. The molecule has 0 radical (unpaired) electrons. The van der Waals surface area contributed by atoms with Crippen LogP contribution in [0, 0.1) is 12.8 Å². The molecule has 0 spiro atoms. The Morgan fingerprint density at radius 2 is 1.90 bits per heavy atom. The number of hydrogen-bond donors (Lipinski definition) is 1. The summed E-state index contributed by atoms with van der Waals surface area (Å²) in [6, 6.07) is 8.61. The van der Waals surface area contributed by atoms with Crippen LogP contribution < -0.4 is 5.32 Å². The van der Waals surface area contributed by atoms with Gasteiger partial charge in [-0.15, -0.1) is 10.2 Å². The summed E-state index contributed by atoms with van der Waals surface area (Å²) in [5.41, 5.74) is 1.31. The van der Waals surface area contributed by atoms with Crippen molar-refractivity contribution >= 4 is 11.8 Å². The van der Waals surface area contributed by atoms with E-state index in [-0.39, 0.29) is 0 Å². The maximum atomic E-state index is 4.17. The van der Waals surface area contributed by atoms with Gasteiger partial charge in [0.25, 0.3) is 0 Å². The molecule has 0 atom stereocenters. The lowest BCUT2D eigenvalue weighted by atomic mass is 10.2. The summed E-state index contributed by atoms with van der Waals surface area (Å²) in [7, 11) is 1.99. The van der Waals surface area contributed by atoms with Gasteiger partial charge in [-0.3, -0.25) is 0 Å². The second kappa shape index (κ2) is 6.90. The molecule has 1 aromatic heterocycles. The Labute approximate surface area is 125 Å². The highest BCUT2D eigenvalue weighted by molar-refractivity contribution is 7.99. The molecule has 1 heterocycles. The van der Waals surface area contributed by atoms with Crippen LogP contribution in [0.3, 0.4) is 0 Å². The third kappa shape index (κ3) is 4.08. The van der Waals surface area contributed by atoms with Gasteiger partial charge in [-0.2, -0.15) is 0 Å². The predicted octanol–water partition coefficient (Wildman–Crippen LogP) is 3.02. The SMILES string of the molecule is Cc1nnc(Sc2ccc(CNCC(C)C)cc2)n1C. The van der Waals surface area contributed by atoms with Crippen LogP contribution in [0.2, 0.25) is 0 Å². The van der Waals surface area contributed by atoms with E-state index in [1.165, 1.54) is 10.5 Å². The van der Waals surface area contributed by atoms with Gasteiger partial charge in [0.15, 0.2) is 5.16 Å². The van der Waals surface area contributed by atoms with Crippen LogP contribution in [0.15, 0.2) is 34.3 Å². The van der Waals surface area contributed by atoms with Gasteiger partial charge < -0.3 is 9.88 Å². The van der Waals surface area contributed by atoms with E-state index in [4.69, 9.17) is 0 Å². The molecular weight excluding hydrogens is 268 g/mol. The molecule has 0 aliphatic heterocycles. The Hall–Kier alpha value is -1.33. The third-order valence-electron chi connectivity index (χ3n) is 3.07. The van der Waals surface area contributed by atoms with Crippen molar-refractivity contribution in [3.63, 3.8) is 0 Å². The first kappa shape index (κ1) is 15.1. The molecule has 1 N–H and O–H groups in total. The maximum Gasteiger partial charge on any atom is 0.195 e. The summed E-state index contributed by atoms with van der Waals surface area (Å²) in [4.78, 5) is 1.19. The molecule has 0 fully saturated rings. The minimum Gasteiger partial charge on any atom is -0.312 e. The number of aromatic nitrogens is 3. The average molecular weight is 290 g/mol. The van der Waals surface area contributed by atoms with Gasteiger partial charge in [0.2, 0.25) is 0 Å². The lowest BCUT2D eigenvalue weighted by molar-refractivity contribution is 0.552. The molecule has 2 rings (SSSR count). The zero-order chi connectivity index (χ0) is 14.5. The Morgan fingerprint density at radius 3 is 2.45 bits per heavy atom. The number of nitrogens with one attached hydrogen (secondary N) is 1. The third-order valence-corrected chi connectivity index (χ3v) is 4.11. The molecule has 108 valence electrons. The van der Waals surface area contributed by atoms with Gasteiger partial charge in [-0.25, -0.2) is 0 Å². The largest absolute Gasteiger partial charge is 0.312 e. The summed E-state index contributed by atoms with van der Waals surface area (Å²) in [6.07, 6.45) is 0. The highest BCUT2D eigenvalue weighted by Crippen LogP contribution is 2.26. The van der Waals surface area contributed by atoms with Crippen molar-refractivity contribution in [3.05, 3.63) is 35.7 Å². The fourth-order valence-electron chi connectivity index (χ4n) is 1.76. The van der Waals surface area contributed by atoms with Crippen LogP contribution in [-0.4, -0.2) is 21.3 Å². The van der Waals surface area contributed by atoms with Crippen LogP contribution in [0.4, 0.5) is 0 Å². The Balaban J connectivity index is 1.93. The molecule has 2 aromatic rings. The topological polar surface area (TPSA) is 42.7 Å². The molecule has 0 aliphatic rings. The average Bonchev–Trinajstić information content (AvgIpc) is 2.72. The number of benzene rings is 1. The van der Waals surface area contributed by atoms with Crippen LogP contribution in [-0.2, 0) is 13.6 Å². The summed E-state index contributed by atoms with van der Waals surface area (Å²) >= 11 is 1.64. The number of aryl methyl sites for hydroxylation is 1. The molecule has 0 saturated carbocycles. The number of rotatable bonds is 6. The van der Waals surface area contributed by atoms with Crippen molar-refractivity contribution in [3.8, 4) is 0 Å². The van der Waals surface area contributed by atoms with Crippen LogP contribution in [0.1, 0.15) is 25.2 Å². The van der Waals surface area contributed by atoms with Crippen LogP contribution in [0.25, 0.3) is 0 Å². The first-order chi connectivity index (χ1) is 9.56. The quantitative estimate of drug-likeness (QED) is 0.888. The van der Waals surface area contributed by atoms with Gasteiger partial charge >= 0.3 is 0 Å². The standard InChI is InChI=1S/C15H22N4S/c1-11(2)9-16-10-13-5-7-14(8-6-13)20-15-18-17-12(3)19(15)4/h5-8,11,16H,9-10H2,1-4H3. The zero-order valence-corrected chi connectivity index (χ0v) is 13.4. The van der Waals surface area contributed by atoms with E-state index in [0.29, 0.717) is 5.92 Å². The normalized spacial score (nSPS) is 11.2. The highest BCUT2D eigenvalue weighted by Gasteiger charge is 2.06. The molecule has 0 saturated heterocycles.